The minimum atomic E-state index is -0.627. The third-order valence-corrected chi connectivity index (χ3v) is 2.31. The van der Waals surface area contributed by atoms with Crippen LogP contribution in [-0.2, 0) is 9.47 Å². The molecule has 7 nitrogen and oxygen atoms in total. The van der Waals surface area contributed by atoms with Gasteiger partial charge < -0.3 is 14.2 Å². The van der Waals surface area contributed by atoms with E-state index in [0.717, 1.165) is 0 Å². The molecule has 0 radical (unpaired) electrons. The molecule has 0 aliphatic heterocycles. The number of ether oxygens (including phenoxy) is 3. The van der Waals surface area contributed by atoms with Crippen molar-refractivity contribution >= 4 is 17.7 Å². The van der Waals surface area contributed by atoms with Crippen molar-refractivity contribution < 1.29 is 23.8 Å². The Kier molecular flexibility index (Phi) is 5.40. The van der Waals surface area contributed by atoms with Crippen LogP contribution in [0.15, 0.2) is 18.2 Å². The van der Waals surface area contributed by atoms with E-state index in [-0.39, 0.29) is 5.56 Å². The van der Waals surface area contributed by atoms with E-state index in [2.05, 4.69) is 15.6 Å². The lowest BCUT2D eigenvalue weighted by atomic mass is 10.2. The molecule has 0 fully saturated rings. The first-order valence-electron chi connectivity index (χ1n) is 6.28. The highest BCUT2D eigenvalue weighted by Gasteiger charge is 2.17. The molecule has 1 amide bonds. The van der Waals surface area contributed by atoms with Crippen LogP contribution in [0.5, 0.6) is 5.75 Å². The second-order valence-electron chi connectivity index (χ2n) is 5.16. The van der Waals surface area contributed by atoms with Gasteiger partial charge in [-0.3, -0.25) is 5.43 Å². The van der Waals surface area contributed by atoms with E-state index in [0.29, 0.717) is 11.4 Å². The maximum Gasteiger partial charge on any atom is 0.426 e. The topological polar surface area (TPSA) is 85.9 Å². The third kappa shape index (κ3) is 5.21. The maximum atomic E-state index is 11.6. The number of esters is 1. The molecule has 0 saturated carbocycles. The number of hydrazine groups is 1. The van der Waals surface area contributed by atoms with Crippen molar-refractivity contribution in [3.05, 3.63) is 23.8 Å². The summed E-state index contributed by atoms with van der Waals surface area (Å²) in [6, 6.07) is 4.73. The van der Waals surface area contributed by atoms with Crippen molar-refractivity contribution in [1.29, 1.82) is 0 Å². The van der Waals surface area contributed by atoms with Crippen LogP contribution < -0.4 is 15.6 Å². The van der Waals surface area contributed by atoms with Crippen LogP contribution in [0.1, 0.15) is 31.1 Å². The largest absolute Gasteiger partial charge is 0.496 e. The van der Waals surface area contributed by atoms with Crippen molar-refractivity contribution in [3.63, 3.8) is 0 Å². The van der Waals surface area contributed by atoms with Crippen molar-refractivity contribution in [2.75, 3.05) is 19.6 Å². The molecule has 21 heavy (non-hydrogen) atoms. The molecule has 0 atom stereocenters. The second-order valence-corrected chi connectivity index (χ2v) is 5.16. The lowest BCUT2D eigenvalue weighted by Crippen LogP contribution is -2.35. The summed E-state index contributed by atoms with van der Waals surface area (Å²) in [5.41, 5.74) is 5.16. The van der Waals surface area contributed by atoms with E-state index >= 15 is 0 Å². The molecule has 1 aromatic carbocycles. The number of carbonyl (C=O) groups is 2. The first-order chi connectivity index (χ1) is 9.76. The standard InChI is InChI=1S/C14H20N2O5/c1-14(2,3)21-13(18)16-15-9-6-7-11(19-4)10(8-9)12(17)20-5/h6-8,15H,1-5H3,(H,16,18). The summed E-state index contributed by atoms with van der Waals surface area (Å²) in [4.78, 5) is 23.1. The van der Waals surface area contributed by atoms with Crippen molar-refractivity contribution in [2.45, 2.75) is 26.4 Å². The van der Waals surface area contributed by atoms with Gasteiger partial charge in [-0.05, 0) is 39.0 Å². The predicted molar refractivity (Wildman–Crippen MR) is 77.3 cm³/mol. The summed E-state index contributed by atoms with van der Waals surface area (Å²) in [5.74, 6) is -0.155. The lowest BCUT2D eigenvalue weighted by Gasteiger charge is -2.20. The fourth-order valence-corrected chi connectivity index (χ4v) is 1.48. The highest BCUT2D eigenvalue weighted by atomic mass is 16.6. The Balaban J connectivity index is 2.77. The Morgan fingerprint density at radius 3 is 2.33 bits per heavy atom. The number of carbonyl (C=O) groups excluding carboxylic acids is 2. The molecule has 1 aromatic rings. The van der Waals surface area contributed by atoms with Crippen LogP contribution in [0.25, 0.3) is 0 Å². The van der Waals surface area contributed by atoms with E-state index in [1.165, 1.54) is 20.3 Å². The van der Waals surface area contributed by atoms with Gasteiger partial charge in [-0.1, -0.05) is 0 Å². The highest BCUT2D eigenvalue weighted by Crippen LogP contribution is 2.23. The predicted octanol–water partition coefficient (Wildman–Crippen LogP) is 2.33. The van der Waals surface area contributed by atoms with Gasteiger partial charge in [-0.15, -0.1) is 0 Å². The van der Waals surface area contributed by atoms with E-state index in [4.69, 9.17) is 9.47 Å². The van der Waals surface area contributed by atoms with Gasteiger partial charge in [0.1, 0.15) is 16.9 Å². The number of hydrogen-bond acceptors (Lipinski definition) is 6. The summed E-state index contributed by atoms with van der Waals surface area (Å²) in [7, 11) is 2.73. The second kappa shape index (κ2) is 6.83. The van der Waals surface area contributed by atoms with E-state index in [9.17, 15) is 9.59 Å². The number of benzene rings is 1. The zero-order valence-corrected chi connectivity index (χ0v) is 12.8. The number of hydrogen-bond donors (Lipinski definition) is 2. The molecule has 0 saturated heterocycles. The third-order valence-electron chi connectivity index (χ3n) is 2.31. The monoisotopic (exact) mass is 296 g/mol. The average molecular weight is 296 g/mol. The molecule has 0 aliphatic carbocycles. The maximum absolute atomic E-state index is 11.6. The summed E-state index contributed by atoms with van der Waals surface area (Å²) in [5, 5.41) is 0. The first-order valence-corrected chi connectivity index (χ1v) is 6.28. The summed E-state index contributed by atoms with van der Waals surface area (Å²) < 4.78 is 14.8. The van der Waals surface area contributed by atoms with E-state index < -0.39 is 17.7 Å². The van der Waals surface area contributed by atoms with Crippen molar-refractivity contribution in [1.82, 2.24) is 5.43 Å². The normalized spacial score (nSPS) is 10.5. The molecule has 0 bridgehead atoms. The van der Waals surface area contributed by atoms with Crippen molar-refractivity contribution in [3.8, 4) is 5.75 Å². The molecule has 1 rings (SSSR count). The molecule has 0 unspecified atom stereocenters. The van der Waals surface area contributed by atoms with Crippen LogP contribution in [0.2, 0.25) is 0 Å². The lowest BCUT2D eigenvalue weighted by molar-refractivity contribution is 0.0540. The average Bonchev–Trinajstić information content (AvgIpc) is 2.42. The number of rotatable bonds is 4. The Morgan fingerprint density at radius 2 is 1.81 bits per heavy atom. The van der Waals surface area contributed by atoms with E-state index in [1.807, 2.05) is 0 Å². The quantitative estimate of drug-likeness (QED) is 0.655. The molecule has 2 N–H and O–H groups in total. The van der Waals surface area contributed by atoms with Crippen LogP contribution in [0, 0.1) is 0 Å². The van der Waals surface area contributed by atoms with Gasteiger partial charge in [0.25, 0.3) is 0 Å². The van der Waals surface area contributed by atoms with Crippen LogP contribution in [0.3, 0.4) is 0 Å². The van der Waals surface area contributed by atoms with Gasteiger partial charge in [0.2, 0.25) is 0 Å². The Morgan fingerprint density at radius 1 is 1.14 bits per heavy atom. The minimum Gasteiger partial charge on any atom is -0.496 e. The molecule has 0 aliphatic rings. The molecule has 0 heterocycles. The summed E-state index contributed by atoms with van der Waals surface area (Å²) in [6.07, 6.45) is -0.627. The fourth-order valence-electron chi connectivity index (χ4n) is 1.48. The fraction of sp³-hybridized carbons (Fsp3) is 0.429. The zero-order chi connectivity index (χ0) is 16.0. The van der Waals surface area contributed by atoms with Crippen molar-refractivity contribution in [2.24, 2.45) is 0 Å². The Bertz CT molecular complexity index is 523. The number of nitrogens with one attached hydrogen (secondary N) is 2. The molecule has 7 heteroatoms. The number of methoxy groups -OCH3 is 2. The molecule has 0 aromatic heterocycles. The Hall–Kier alpha value is -2.44. The molecule has 0 spiro atoms. The summed E-state index contributed by atoms with van der Waals surface area (Å²) in [6.45, 7) is 5.28. The van der Waals surface area contributed by atoms with Crippen LogP contribution >= 0.6 is 0 Å². The van der Waals surface area contributed by atoms with Gasteiger partial charge in [-0.2, -0.15) is 0 Å². The molecule has 116 valence electrons. The van der Waals surface area contributed by atoms with E-state index in [1.54, 1.807) is 32.9 Å². The molecular formula is C14H20N2O5. The van der Waals surface area contributed by atoms with Crippen LogP contribution in [0.4, 0.5) is 10.5 Å². The highest BCUT2D eigenvalue weighted by molar-refractivity contribution is 5.93. The van der Waals surface area contributed by atoms with Gasteiger partial charge in [0, 0.05) is 0 Å². The smallest absolute Gasteiger partial charge is 0.426 e. The van der Waals surface area contributed by atoms with Gasteiger partial charge >= 0.3 is 12.1 Å². The Labute approximate surface area is 123 Å². The number of amides is 1. The number of anilines is 1. The van der Waals surface area contributed by atoms with Gasteiger partial charge in [0.15, 0.2) is 0 Å². The first kappa shape index (κ1) is 16.6. The van der Waals surface area contributed by atoms with Gasteiger partial charge in [0.05, 0.1) is 19.9 Å². The zero-order valence-electron chi connectivity index (χ0n) is 12.8. The minimum absolute atomic E-state index is 0.246. The molecular weight excluding hydrogens is 276 g/mol. The van der Waals surface area contributed by atoms with Gasteiger partial charge in [-0.25, -0.2) is 15.0 Å². The SMILES string of the molecule is COC(=O)c1cc(NNC(=O)OC(C)(C)C)ccc1OC. The summed E-state index contributed by atoms with van der Waals surface area (Å²) >= 11 is 0. The van der Waals surface area contributed by atoms with Crippen LogP contribution in [-0.4, -0.2) is 31.9 Å².